The molecule has 0 saturated heterocycles. The van der Waals surface area contributed by atoms with Crippen LogP contribution in [-0.4, -0.2) is 14.2 Å². The van der Waals surface area contributed by atoms with Crippen molar-refractivity contribution in [2.24, 2.45) is 0 Å². The molecule has 0 aliphatic carbocycles. The van der Waals surface area contributed by atoms with Gasteiger partial charge in [-0.15, -0.1) is 11.3 Å². The number of nitrogens with one attached hydrogen (secondary N) is 1. The van der Waals surface area contributed by atoms with Gasteiger partial charge in [0, 0.05) is 17.8 Å². The third-order valence-electron chi connectivity index (χ3n) is 4.56. The Bertz CT molecular complexity index is 1190. The number of rotatable bonds is 5. The Kier molecular flexibility index (Phi) is 5.45. The highest BCUT2D eigenvalue weighted by molar-refractivity contribution is 7.97. The molecule has 0 spiro atoms. The SMILES string of the molecule is O=C1C(=CNCc2ccccc2Cl)S(=O)(=O)N(Cc2ccccc2)c2ccsc21. The summed E-state index contributed by atoms with van der Waals surface area (Å²) in [5.41, 5.74) is 2.07. The fraction of sp³-hybridized carbons (Fsp3) is 0.0952. The van der Waals surface area contributed by atoms with Crippen molar-refractivity contribution >= 4 is 44.4 Å². The minimum Gasteiger partial charge on any atom is -0.386 e. The van der Waals surface area contributed by atoms with Crippen molar-refractivity contribution in [2.45, 2.75) is 13.1 Å². The van der Waals surface area contributed by atoms with Crippen LogP contribution >= 0.6 is 22.9 Å². The molecule has 4 rings (SSSR count). The van der Waals surface area contributed by atoms with Crippen LogP contribution in [0.2, 0.25) is 5.02 Å². The van der Waals surface area contributed by atoms with Gasteiger partial charge in [-0.2, -0.15) is 0 Å². The number of benzene rings is 2. The lowest BCUT2D eigenvalue weighted by atomic mass is 10.2. The Morgan fingerprint density at radius 2 is 1.76 bits per heavy atom. The molecule has 1 aromatic heterocycles. The van der Waals surface area contributed by atoms with Crippen LogP contribution in [0.5, 0.6) is 0 Å². The van der Waals surface area contributed by atoms with Gasteiger partial charge in [-0.3, -0.25) is 9.10 Å². The van der Waals surface area contributed by atoms with E-state index in [4.69, 9.17) is 11.6 Å². The van der Waals surface area contributed by atoms with Crippen LogP contribution < -0.4 is 9.62 Å². The van der Waals surface area contributed by atoms with Gasteiger partial charge in [0.15, 0.2) is 4.91 Å². The van der Waals surface area contributed by atoms with Gasteiger partial charge < -0.3 is 5.32 Å². The summed E-state index contributed by atoms with van der Waals surface area (Å²) in [6, 6.07) is 18.2. The average Bonchev–Trinajstić information content (AvgIpc) is 3.20. The van der Waals surface area contributed by atoms with Gasteiger partial charge in [-0.25, -0.2) is 8.42 Å². The molecular weight excluding hydrogens is 428 g/mol. The van der Waals surface area contributed by atoms with E-state index in [2.05, 4.69) is 5.32 Å². The van der Waals surface area contributed by atoms with E-state index in [1.165, 1.54) is 21.8 Å². The Balaban J connectivity index is 1.67. The second-order valence-electron chi connectivity index (χ2n) is 6.44. The molecule has 0 unspecified atom stereocenters. The summed E-state index contributed by atoms with van der Waals surface area (Å²) in [7, 11) is -4.00. The molecule has 1 aliphatic rings. The standard InChI is InChI=1S/C21H17ClN2O3S2/c22-17-9-5-4-8-16(17)12-23-13-19-20(25)21-18(10-11-28-21)24(29(19,26)27)14-15-6-2-1-3-7-15/h1-11,13,23H,12,14H2. The van der Waals surface area contributed by atoms with Crippen molar-refractivity contribution in [3.05, 3.63) is 98.2 Å². The van der Waals surface area contributed by atoms with Gasteiger partial charge in [-0.05, 0) is 28.6 Å². The molecule has 1 aliphatic heterocycles. The molecule has 148 valence electrons. The molecule has 0 radical (unpaired) electrons. The highest BCUT2D eigenvalue weighted by atomic mass is 35.5. The molecule has 3 aromatic rings. The first-order valence-corrected chi connectivity index (χ1v) is 11.5. The first kappa shape index (κ1) is 19.7. The Hall–Kier alpha value is -2.61. The van der Waals surface area contributed by atoms with E-state index < -0.39 is 15.8 Å². The number of anilines is 1. The first-order chi connectivity index (χ1) is 14.0. The highest BCUT2D eigenvalue weighted by Gasteiger charge is 2.41. The number of fused-ring (bicyclic) bond motifs is 1. The summed E-state index contributed by atoms with van der Waals surface area (Å²) in [5.74, 6) is -0.494. The topological polar surface area (TPSA) is 66.5 Å². The van der Waals surface area contributed by atoms with E-state index >= 15 is 0 Å². The van der Waals surface area contributed by atoms with E-state index in [1.807, 2.05) is 48.5 Å². The van der Waals surface area contributed by atoms with Crippen LogP contribution in [0, 0.1) is 0 Å². The van der Waals surface area contributed by atoms with Gasteiger partial charge in [0.05, 0.1) is 12.2 Å². The third-order valence-corrected chi connectivity index (χ3v) is 7.60. The lowest BCUT2D eigenvalue weighted by molar-refractivity contribution is 0.104. The maximum Gasteiger partial charge on any atom is 0.270 e. The minimum atomic E-state index is -4.00. The molecule has 2 aromatic carbocycles. The molecule has 8 heteroatoms. The van der Waals surface area contributed by atoms with E-state index in [0.29, 0.717) is 22.1 Å². The largest absolute Gasteiger partial charge is 0.386 e. The number of ketones is 1. The average molecular weight is 445 g/mol. The second kappa shape index (κ2) is 8.02. The number of nitrogens with zero attached hydrogens (tertiary/aromatic N) is 1. The minimum absolute atomic E-state index is 0.155. The third kappa shape index (κ3) is 3.81. The molecule has 0 amide bonds. The van der Waals surface area contributed by atoms with Crippen molar-refractivity contribution in [3.8, 4) is 0 Å². The predicted molar refractivity (Wildman–Crippen MR) is 117 cm³/mol. The number of hydrogen-bond donors (Lipinski definition) is 1. The van der Waals surface area contributed by atoms with Crippen LogP contribution in [0.15, 0.2) is 77.1 Å². The lowest BCUT2D eigenvalue weighted by Gasteiger charge is -2.29. The number of sulfonamides is 1. The molecule has 2 heterocycles. The van der Waals surface area contributed by atoms with E-state index in [1.54, 1.807) is 17.5 Å². The Labute approximate surface area is 178 Å². The molecule has 0 fully saturated rings. The number of carbonyl (C=O) groups excluding carboxylic acids is 1. The summed E-state index contributed by atoms with van der Waals surface area (Å²) in [6.45, 7) is 0.462. The summed E-state index contributed by atoms with van der Waals surface area (Å²) < 4.78 is 27.8. The number of carbonyl (C=O) groups is 1. The molecular formula is C21H17ClN2O3S2. The van der Waals surface area contributed by atoms with Crippen LogP contribution in [-0.2, 0) is 23.1 Å². The van der Waals surface area contributed by atoms with Crippen molar-refractivity contribution in [2.75, 3.05) is 4.31 Å². The quantitative estimate of drug-likeness (QED) is 0.585. The number of allylic oxidation sites excluding steroid dienone is 1. The number of halogens is 1. The van der Waals surface area contributed by atoms with Crippen molar-refractivity contribution in [3.63, 3.8) is 0 Å². The van der Waals surface area contributed by atoms with Crippen molar-refractivity contribution in [1.29, 1.82) is 0 Å². The highest BCUT2D eigenvalue weighted by Crippen LogP contribution is 2.39. The maximum absolute atomic E-state index is 13.3. The smallest absolute Gasteiger partial charge is 0.270 e. The summed E-state index contributed by atoms with van der Waals surface area (Å²) in [4.78, 5) is 13.0. The number of hydrogen-bond acceptors (Lipinski definition) is 5. The van der Waals surface area contributed by atoms with E-state index in [-0.39, 0.29) is 11.4 Å². The number of thiophene rings is 1. The number of Topliss-reactive ketones (excluding diaryl/α,β-unsaturated/α-hetero) is 1. The van der Waals surface area contributed by atoms with Crippen LogP contribution in [0.4, 0.5) is 5.69 Å². The van der Waals surface area contributed by atoms with Crippen molar-refractivity contribution in [1.82, 2.24) is 5.32 Å². The summed E-state index contributed by atoms with van der Waals surface area (Å²) >= 11 is 7.38. The Morgan fingerprint density at radius 3 is 2.52 bits per heavy atom. The van der Waals surface area contributed by atoms with E-state index in [9.17, 15) is 13.2 Å². The maximum atomic E-state index is 13.3. The van der Waals surface area contributed by atoms with Gasteiger partial charge >= 0.3 is 0 Å². The zero-order valence-electron chi connectivity index (χ0n) is 15.2. The zero-order chi connectivity index (χ0) is 20.4. The molecule has 0 saturated carbocycles. The molecule has 0 atom stereocenters. The van der Waals surface area contributed by atoms with E-state index in [0.717, 1.165) is 11.1 Å². The predicted octanol–water partition coefficient (Wildman–Crippen LogP) is 4.57. The Morgan fingerprint density at radius 1 is 1.03 bits per heavy atom. The normalized spacial score (nSPS) is 16.7. The van der Waals surface area contributed by atoms with Gasteiger partial charge in [-0.1, -0.05) is 60.1 Å². The van der Waals surface area contributed by atoms with Crippen LogP contribution in [0.25, 0.3) is 0 Å². The monoisotopic (exact) mass is 444 g/mol. The van der Waals surface area contributed by atoms with Crippen molar-refractivity contribution < 1.29 is 13.2 Å². The molecule has 1 N–H and O–H groups in total. The lowest BCUT2D eigenvalue weighted by Crippen LogP contribution is -2.38. The molecule has 29 heavy (non-hydrogen) atoms. The van der Waals surface area contributed by atoms with Crippen LogP contribution in [0.1, 0.15) is 20.8 Å². The van der Waals surface area contributed by atoms with Gasteiger partial charge in [0.2, 0.25) is 5.78 Å². The first-order valence-electron chi connectivity index (χ1n) is 8.84. The summed E-state index contributed by atoms with van der Waals surface area (Å²) in [5, 5.41) is 5.24. The van der Waals surface area contributed by atoms with Crippen LogP contribution in [0.3, 0.4) is 0 Å². The second-order valence-corrected chi connectivity index (χ2v) is 9.60. The molecule has 0 bridgehead atoms. The fourth-order valence-electron chi connectivity index (χ4n) is 3.10. The zero-order valence-corrected chi connectivity index (χ0v) is 17.6. The fourth-order valence-corrected chi connectivity index (χ4v) is 5.81. The van der Waals surface area contributed by atoms with Gasteiger partial charge in [0.1, 0.15) is 4.88 Å². The van der Waals surface area contributed by atoms with Gasteiger partial charge in [0.25, 0.3) is 10.0 Å². The molecule has 5 nitrogen and oxygen atoms in total. The summed E-state index contributed by atoms with van der Waals surface area (Å²) in [6.07, 6.45) is 1.28.